The van der Waals surface area contributed by atoms with Crippen molar-refractivity contribution in [3.63, 3.8) is 0 Å². The number of carbonyl (C=O) groups excluding carboxylic acids is 1. The summed E-state index contributed by atoms with van der Waals surface area (Å²) in [5.41, 5.74) is 1.07. The van der Waals surface area contributed by atoms with Crippen LogP contribution in [0.1, 0.15) is 25.3 Å². The summed E-state index contributed by atoms with van der Waals surface area (Å²) < 4.78 is 37.0. The van der Waals surface area contributed by atoms with Gasteiger partial charge in [-0.15, -0.1) is 0 Å². The van der Waals surface area contributed by atoms with E-state index in [9.17, 15) is 13.6 Å². The maximum absolute atomic E-state index is 13.4. The summed E-state index contributed by atoms with van der Waals surface area (Å²) in [4.78, 5) is 11.9. The summed E-state index contributed by atoms with van der Waals surface area (Å²) in [5.74, 6) is -3.06. The van der Waals surface area contributed by atoms with Crippen LogP contribution in [0.2, 0.25) is 0 Å². The molecule has 0 aliphatic carbocycles. The summed E-state index contributed by atoms with van der Waals surface area (Å²) in [6, 6.07) is 2.07. The van der Waals surface area contributed by atoms with Gasteiger partial charge in [0.25, 0.3) is 0 Å². The zero-order chi connectivity index (χ0) is 14.9. The van der Waals surface area contributed by atoms with Crippen molar-refractivity contribution in [2.24, 2.45) is 5.92 Å². The van der Waals surface area contributed by atoms with Crippen LogP contribution in [0.15, 0.2) is 24.3 Å². The first-order chi connectivity index (χ1) is 9.45. The molecule has 0 saturated carbocycles. The van der Waals surface area contributed by atoms with Crippen LogP contribution >= 0.6 is 0 Å². The smallest absolute Gasteiger partial charge is 0.309 e. The lowest BCUT2D eigenvalue weighted by Gasteiger charge is -2.31. The third-order valence-electron chi connectivity index (χ3n) is 3.40. The van der Waals surface area contributed by atoms with E-state index >= 15 is 0 Å². The van der Waals surface area contributed by atoms with E-state index in [0.29, 0.717) is 11.1 Å². The molecule has 0 radical (unpaired) electrons. The van der Waals surface area contributed by atoms with Crippen LogP contribution in [0, 0.1) is 17.6 Å². The standard InChI is InChI=1S/C15H16F2O3/c1-4-19-15(18)9(3)14-8(2)7-20-13-6-12(17)11(16)5-10(13)14/h5-6,9,14H,2,4,7H2,1,3H3/t9-,14?/m0/s1. The first-order valence-electron chi connectivity index (χ1n) is 6.41. The van der Waals surface area contributed by atoms with Gasteiger partial charge in [0.1, 0.15) is 12.4 Å². The van der Waals surface area contributed by atoms with Gasteiger partial charge in [-0.1, -0.05) is 13.5 Å². The quantitative estimate of drug-likeness (QED) is 0.631. The van der Waals surface area contributed by atoms with Crippen LogP contribution in [0.25, 0.3) is 0 Å². The van der Waals surface area contributed by atoms with Crippen LogP contribution in [-0.2, 0) is 9.53 Å². The second-order valence-electron chi connectivity index (χ2n) is 4.77. The maximum Gasteiger partial charge on any atom is 0.309 e. The summed E-state index contributed by atoms with van der Waals surface area (Å²) in [6.07, 6.45) is 0. The Hall–Kier alpha value is -1.91. The second-order valence-corrected chi connectivity index (χ2v) is 4.77. The SMILES string of the molecule is C=C1COc2cc(F)c(F)cc2C1[C@H](C)C(=O)OCC. The van der Waals surface area contributed by atoms with Crippen molar-refractivity contribution in [2.75, 3.05) is 13.2 Å². The number of hydrogen-bond acceptors (Lipinski definition) is 3. The van der Waals surface area contributed by atoms with Crippen molar-refractivity contribution in [2.45, 2.75) is 19.8 Å². The molecule has 1 aromatic rings. The molecule has 0 fully saturated rings. The zero-order valence-electron chi connectivity index (χ0n) is 11.4. The summed E-state index contributed by atoms with van der Waals surface area (Å²) >= 11 is 0. The zero-order valence-corrected chi connectivity index (χ0v) is 11.4. The van der Waals surface area contributed by atoms with Crippen LogP contribution in [0.4, 0.5) is 8.78 Å². The lowest BCUT2D eigenvalue weighted by molar-refractivity contribution is -0.148. The Kier molecular flexibility index (Phi) is 4.06. The number of benzene rings is 1. The van der Waals surface area contributed by atoms with Crippen molar-refractivity contribution in [3.05, 3.63) is 41.5 Å². The van der Waals surface area contributed by atoms with Gasteiger partial charge in [0, 0.05) is 17.5 Å². The molecular formula is C15H16F2O3. The number of ether oxygens (including phenoxy) is 2. The van der Waals surface area contributed by atoms with E-state index in [1.807, 2.05) is 0 Å². The molecule has 0 spiro atoms. The molecule has 0 amide bonds. The highest BCUT2D eigenvalue weighted by Crippen LogP contribution is 2.42. The number of halogens is 2. The lowest BCUT2D eigenvalue weighted by Crippen LogP contribution is -2.28. The Labute approximate surface area is 116 Å². The van der Waals surface area contributed by atoms with Crippen molar-refractivity contribution in [1.29, 1.82) is 0 Å². The molecule has 0 aromatic heterocycles. The second kappa shape index (κ2) is 5.61. The number of hydrogen-bond donors (Lipinski definition) is 0. The van der Waals surface area contributed by atoms with Crippen molar-refractivity contribution in [3.8, 4) is 5.75 Å². The highest BCUT2D eigenvalue weighted by atomic mass is 19.2. The average molecular weight is 282 g/mol. The predicted molar refractivity (Wildman–Crippen MR) is 69.5 cm³/mol. The number of fused-ring (bicyclic) bond motifs is 1. The Morgan fingerprint density at radius 1 is 1.50 bits per heavy atom. The number of esters is 1. The first-order valence-corrected chi connectivity index (χ1v) is 6.41. The van der Waals surface area contributed by atoms with Crippen molar-refractivity contribution < 1.29 is 23.0 Å². The fraction of sp³-hybridized carbons (Fsp3) is 0.400. The van der Waals surface area contributed by atoms with Gasteiger partial charge in [0.2, 0.25) is 0 Å². The largest absolute Gasteiger partial charge is 0.489 e. The average Bonchev–Trinajstić information content (AvgIpc) is 2.40. The molecule has 2 rings (SSSR count). The molecule has 2 atom stereocenters. The Bertz CT molecular complexity index is 554. The van der Waals surface area contributed by atoms with Crippen molar-refractivity contribution >= 4 is 5.97 Å². The Morgan fingerprint density at radius 3 is 2.80 bits per heavy atom. The fourth-order valence-corrected chi connectivity index (χ4v) is 2.42. The summed E-state index contributed by atoms with van der Waals surface area (Å²) in [5, 5.41) is 0. The number of carbonyl (C=O) groups is 1. The van der Waals surface area contributed by atoms with Gasteiger partial charge < -0.3 is 9.47 Å². The lowest BCUT2D eigenvalue weighted by atomic mass is 9.80. The summed E-state index contributed by atoms with van der Waals surface area (Å²) in [7, 11) is 0. The number of rotatable bonds is 3. The minimum absolute atomic E-state index is 0.173. The highest BCUT2D eigenvalue weighted by Gasteiger charge is 2.34. The highest BCUT2D eigenvalue weighted by molar-refractivity contribution is 5.74. The maximum atomic E-state index is 13.4. The van der Waals surface area contributed by atoms with E-state index in [2.05, 4.69) is 6.58 Å². The van der Waals surface area contributed by atoms with Gasteiger partial charge in [-0.05, 0) is 18.6 Å². The van der Waals surface area contributed by atoms with Crippen LogP contribution in [0.5, 0.6) is 5.75 Å². The molecule has 0 bridgehead atoms. The molecule has 1 aliphatic rings. The molecule has 108 valence electrons. The van der Waals surface area contributed by atoms with Crippen LogP contribution < -0.4 is 4.74 Å². The molecular weight excluding hydrogens is 266 g/mol. The van der Waals surface area contributed by atoms with Gasteiger partial charge in [0.15, 0.2) is 11.6 Å². The Balaban J connectivity index is 2.42. The molecule has 0 N–H and O–H groups in total. The molecule has 1 aliphatic heterocycles. The van der Waals surface area contributed by atoms with Crippen molar-refractivity contribution in [1.82, 2.24) is 0 Å². The molecule has 1 aromatic carbocycles. The van der Waals surface area contributed by atoms with Gasteiger partial charge in [0.05, 0.1) is 12.5 Å². The summed E-state index contributed by atoms with van der Waals surface area (Å²) in [6.45, 7) is 7.70. The monoisotopic (exact) mass is 282 g/mol. The van der Waals surface area contributed by atoms with E-state index in [1.54, 1.807) is 13.8 Å². The van der Waals surface area contributed by atoms with Crippen LogP contribution in [0.3, 0.4) is 0 Å². The van der Waals surface area contributed by atoms with E-state index in [-0.39, 0.29) is 19.0 Å². The molecule has 5 heteroatoms. The third-order valence-corrected chi connectivity index (χ3v) is 3.40. The molecule has 20 heavy (non-hydrogen) atoms. The van der Waals surface area contributed by atoms with Gasteiger partial charge >= 0.3 is 5.97 Å². The fourth-order valence-electron chi connectivity index (χ4n) is 2.42. The first kappa shape index (κ1) is 14.5. The predicted octanol–water partition coefficient (Wildman–Crippen LogP) is 3.20. The van der Waals surface area contributed by atoms with E-state index in [0.717, 1.165) is 12.1 Å². The molecule has 1 heterocycles. The van der Waals surface area contributed by atoms with Gasteiger partial charge in [-0.3, -0.25) is 4.79 Å². The normalized spacial score (nSPS) is 19.0. The van der Waals surface area contributed by atoms with E-state index in [1.165, 1.54) is 0 Å². The topological polar surface area (TPSA) is 35.5 Å². The van der Waals surface area contributed by atoms with E-state index in [4.69, 9.17) is 9.47 Å². The molecule has 3 nitrogen and oxygen atoms in total. The minimum Gasteiger partial charge on any atom is -0.489 e. The van der Waals surface area contributed by atoms with Gasteiger partial charge in [-0.25, -0.2) is 8.78 Å². The third kappa shape index (κ3) is 2.53. The van der Waals surface area contributed by atoms with E-state index < -0.39 is 29.4 Å². The van der Waals surface area contributed by atoms with Gasteiger partial charge in [-0.2, -0.15) is 0 Å². The molecule has 1 unspecified atom stereocenters. The Morgan fingerprint density at radius 2 is 2.15 bits per heavy atom. The van der Waals surface area contributed by atoms with Crippen LogP contribution in [-0.4, -0.2) is 19.2 Å². The minimum atomic E-state index is -0.973. The molecule has 0 saturated heterocycles.